The lowest BCUT2D eigenvalue weighted by atomic mass is 10.1. The number of rotatable bonds is 5. The summed E-state index contributed by atoms with van der Waals surface area (Å²) in [4.78, 5) is 2.66. The zero-order valence-electron chi connectivity index (χ0n) is 17.4. The van der Waals surface area contributed by atoms with Crippen molar-refractivity contribution in [3.8, 4) is 5.75 Å². The highest BCUT2D eigenvalue weighted by Gasteiger charge is 2.30. The average Bonchev–Trinajstić information content (AvgIpc) is 2.64. The van der Waals surface area contributed by atoms with E-state index in [9.17, 15) is 8.42 Å². The Morgan fingerprint density at radius 2 is 1.57 bits per heavy atom. The van der Waals surface area contributed by atoms with Gasteiger partial charge in [-0.2, -0.15) is 4.31 Å². The number of piperazine rings is 1. The lowest BCUT2D eigenvalue weighted by Gasteiger charge is -2.36. The van der Waals surface area contributed by atoms with E-state index in [0.29, 0.717) is 37.7 Å². The van der Waals surface area contributed by atoms with Crippen molar-refractivity contribution < 1.29 is 13.2 Å². The van der Waals surface area contributed by atoms with E-state index in [1.165, 1.54) is 16.8 Å². The van der Waals surface area contributed by atoms with Crippen LogP contribution < -0.4 is 9.64 Å². The van der Waals surface area contributed by atoms with Gasteiger partial charge in [0.1, 0.15) is 5.75 Å². The van der Waals surface area contributed by atoms with Crippen LogP contribution in [0.1, 0.15) is 29.2 Å². The zero-order chi connectivity index (χ0) is 20.5. The van der Waals surface area contributed by atoms with Crippen LogP contribution in [-0.2, 0) is 10.0 Å². The minimum absolute atomic E-state index is 0.383. The van der Waals surface area contributed by atoms with Crippen LogP contribution in [0.15, 0.2) is 35.2 Å². The molecule has 2 aromatic rings. The normalized spacial score (nSPS) is 15.7. The minimum Gasteiger partial charge on any atom is -0.494 e. The third-order valence-electron chi connectivity index (χ3n) is 5.32. The number of nitrogens with zero attached hydrogens (tertiary/aromatic N) is 2. The van der Waals surface area contributed by atoms with Gasteiger partial charge in [0.25, 0.3) is 0 Å². The SMILES string of the molecule is CCOc1cc(C)c(S(=O)(=O)N2CCN(c3ccc(C)cc3C)CC2)cc1C. The van der Waals surface area contributed by atoms with Gasteiger partial charge in [-0.1, -0.05) is 17.7 Å². The summed E-state index contributed by atoms with van der Waals surface area (Å²) < 4.78 is 33.7. The highest BCUT2D eigenvalue weighted by atomic mass is 32.2. The maximum atomic E-state index is 13.3. The number of ether oxygens (including phenoxy) is 1. The Balaban J connectivity index is 1.79. The highest BCUT2D eigenvalue weighted by Crippen LogP contribution is 2.29. The van der Waals surface area contributed by atoms with E-state index in [1.807, 2.05) is 26.8 Å². The molecule has 152 valence electrons. The molecule has 1 aliphatic rings. The summed E-state index contributed by atoms with van der Waals surface area (Å²) in [6.07, 6.45) is 0. The van der Waals surface area contributed by atoms with E-state index in [0.717, 1.165) is 16.9 Å². The molecule has 0 aliphatic carbocycles. The molecule has 0 amide bonds. The molecule has 3 rings (SSSR count). The van der Waals surface area contributed by atoms with Crippen LogP contribution in [-0.4, -0.2) is 45.5 Å². The summed E-state index contributed by atoms with van der Waals surface area (Å²) in [6, 6.07) is 9.99. The van der Waals surface area contributed by atoms with E-state index in [-0.39, 0.29) is 0 Å². The third-order valence-corrected chi connectivity index (χ3v) is 7.36. The van der Waals surface area contributed by atoms with Crippen LogP contribution in [0.5, 0.6) is 5.75 Å². The Bertz CT molecular complexity index is 962. The summed E-state index contributed by atoms with van der Waals surface area (Å²) in [7, 11) is -3.52. The fourth-order valence-electron chi connectivity index (χ4n) is 3.82. The van der Waals surface area contributed by atoms with Crippen molar-refractivity contribution in [2.45, 2.75) is 39.5 Å². The van der Waals surface area contributed by atoms with Crippen molar-refractivity contribution in [1.29, 1.82) is 0 Å². The molecule has 1 fully saturated rings. The summed E-state index contributed by atoms with van der Waals surface area (Å²) in [6.45, 7) is 12.8. The molecule has 0 unspecified atom stereocenters. The van der Waals surface area contributed by atoms with Gasteiger partial charge in [0.2, 0.25) is 10.0 Å². The van der Waals surface area contributed by atoms with E-state index >= 15 is 0 Å². The first kappa shape index (κ1) is 20.7. The van der Waals surface area contributed by atoms with E-state index in [1.54, 1.807) is 10.4 Å². The van der Waals surface area contributed by atoms with Crippen molar-refractivity contribution in [3.05, 3.63) is 52.6 Å². The molecule has 1 aliphatic heterocycles. The molecule has 0 spiro atoms. The van der Waals surface area contributed by atoms with Crippen molar-refractivity contribution in [1.82, 2.24) is 4.31 Å². The molecule has 1 heterocycles. The maximum Gasteiger partial charge on any atom is 0.243 e. The predicted molar refractivity (Wildman–Crippen MR) is 114 cm³/mol. The summed E-state index contributed by atoms with van der Waals surface area (Å²) in [5, 5.41) is 0. The van der Waals surface area contributed by atoms with Crippen LogP contribution in [0.4, 0.5) is 5.69 Å². The monoisotopic (exact) mass is 402 g/mol. The van der Waals surface area contributed by atoms with Gasteiger partial charge in [-0.3, -0.25) is 0 Å². The quantitative estimate of drug-likeness (QED) is 0.763. The minimum atomic E-state index is -3.52. The molecule has 1 saturated heterocycles. The molecule has 0 aromatic heterocycles. The second-order valence-electron chi connectivity index (χ2n) is 7.50. The predicted octanol–water partition coefficient (Wildman–Crippen LogP) is 3.83. The second-order valence-corrected chi connectivity index (χ2v) is 9.40. The molecule has 0 atom stereocenters. The average molecular weight is 403 g/mol. The van der Waals surface area contributed by atoms with Gasteiger partial charge >= 0.3 is 0 Å². The summed E-state index contributed by atoms with van der Waals surface area (Å²) >= 11 is 0. The molecule has 0 radical (unpaired) electrons. The van der Waals surface area contributed by atoms with Crippen molar-refractivity contribution in [2.24, 2.45) is 0 Å². The summed E-state index contributed by atoms with van der Waals surface area (Å²) in [5.41, 5.74) is 5.24. The van der Waals surface area contributed by atoms with Crippen molar-refractivity contribution in [2.75, 3.05) is 37.7 Å². The van der Waals surface area contributed by atoms with Gasteiger partial charge in [0.05, 0.1) is 11.5 Å². The van der Waals surface area contributed by atoms with E-state index < -0.39 is 10.0 Å². The zero-order valence-corrected chi connectivity index (χ0v) is 18.3. The van der Waals surface area contributed by atoms with Gasteiger partial charge < -0.3 is 9.64 Å². The Labute approximate surface area is 169 Å². The largest absolute Gasteiger partial charge is 0.494 e. The van der Waals surface area contributed by atoms with Gasteiger partial charge in [-0.15, -0.1) is 0 Å². The standard InChI is InChI=1S/C22H30N2O3S/c1-6-27-21-14-19(5)22(15-18(21)4)28(25,26)24-11-9-23(10-12-24)20-8-7-16(2)13-17(20)3/h7-8,13-15H,6,9-12H2,1-5H3. The van der Waals surface area contributed by atoms with Crippen LogP contribution in [0.3, 0.4) is 0 Å². The van der Waals surface area contributed by atoms with Crippen LogP contribution in [0.2, 0.25) is 0 Å². The third kappa shape index (κ3) is 4.03. The molecule has 5 nitrogen and oxygen atoms in total. The van der Waals surface area contributed by atoms with Gasteiger partial charge in [0, 0.05) is 31.9 Å². The maximum absolute atomic E-state index is 13.3. The number of hydrogen-bond donors (Lipinski definition) is 0. The number of benzene rings is 2. The number of anilines is 1. The number of sulfonamides is 1. The molecule has 2 aromatic carbocycles. The lowest BCUT2D eigenvalue weighted by molar-refractivity contribution is 0.337. The number of hydrogen-bond acceptors (Lipinski definition) is 4. The first-order chi connectivity index (χ1) is 13.2. The Morgan fingerprint density at radius 1 is 0.893 bits per heavy atom. The first-order valence-electron chi connectivity index (χ1n) is 9.80. The molecular weight excluding hydrogens is 372 g/mol. The fraction of sp³-hybridized carbons (Fsp3) is 0.455. The summed E-state index contributed by atoms with van der Waals surface area (Å²) in [5.74, 6) is 0.749. The van der Waals surface area contributed by atoms with Crippen molar-refractivity contribution >= 4 is 15.7 Å². The highest BCUT2D eigenvalue weighted by molar-refractivity contribution is 7.89. The number of aryl methyl sites for hydroxylation is 4. The van der Waals surface area contributed by atoms with Crippen LogP contribution >= 0.6 is 0 Å². The second kappa shape index (κ2) is 8.13. The Kier molecular flexibility index (Phi) is 6.01. The molecule has 0 bridgehead atoms. The van der Waals surface area contributed by atoms with Crippen LogP contribution in [0.25, 0.3) is 0 Å². The van der Waals surface area contributed by atoms with Gasteiger partial charge in [0.15, 0.2) is 0 Å². The molecule has 0 saturated carbocycles. The molecular formula is C22H30N2O3S. The van der Waals surface area contributed by atoms with Crippen molar-refractivity contribution in [3.63, 3.8) is 0 Å². The first-order valence-corrected chi connectivity index (χ1v) is 11.2. The lowest BCUT2D eigenvalue weighted by Crippen LogP contribution is -2.49. The fourth-order valence-corrected chi connectivity index (χ4v) is 5.53. The topological polar surface area (TPSA) is 49.9 Å². The van der Waals surface area contributed by atoms with E-state index in [4.69, 9.17) is 4.74 Å². The molecule has 28 heavy (non-hydrogen) atoms. The molecule has 6 heteroatoms. The molecule has 0 N–H and O–H groups in total. The van der Waals surface area contributed by atoms with E-state index in [2.05, 4.69) is 36.9 Å². The van der Waals surface area contributed by atoms with Crippen LogP contribution in [0, 0.1) is 27.7 Å². The van der Waals surface area contributed by atoms with Gasteiger partial charge in [-0.25, -0.2) is 8.42 Å². The Hall–Kier alpha value is -2.05. The Morgan fingerprint density at radius 3 is 2.18 bits per heavy atom. The van der Waals surface area contributed by atoms with Gasteiger partial charge in [-0.05, 0) is 69.5 Å². The smallest absolute Gasteiger partial charge is 0.243 e.